The van der Waals surface area contributed by atoms with E-state index in [1.165, 1.54) is 70.6 Å². The highest BCUT2D eigenvalue weighted by Crippen LogP contribution is 2.44. The second-order valence-corrected chi connectivity index (χ2v) is 6.76. The predicted molar refractivity (Wildman–Crippen MR) is 79.8 cm³/mol. The molecule has 2 saturated carbocycles. The van der Waals surface area contributed by atoms with Crippen molar-refractivity contribution in [3.05, 3.63) is 0 Å². The molecular formula is C17H33N. The van der Waals surface area contributed by atoms with Crippen molar-refractivity contribution in [2.75, 3.05) is 0 Å². The summed E-state index contributed by atoms with van der Waals surface area (Å²) in [6.45, 7) is 4.64. The standard InChI is InChI=1S/C17H33N/c1-3-5-9-16(7-4-2)18-17-10-6-8-15(13-17)14-11-12-14/h14-18H,3-13H2,1-2H3. The molecule has 0 spiro atoms. The van der Waals surface area contributed by atoms with E-state index < -0.39 is 0 Å². The zero-order valence-electron chi connectivity index (χ0n) is 12.6. The highest BCUT2D eigenvalue weighted by molar-refractivity contribution is 4.88. The first-order chi connectivity index (χ1) is 8.83. The second kappa shape index (κ2) is 7.53. The third kappa shape index (κ3) is 4.57. The third-order valence-corrected chi connectivity index (χ3v) is 5.02. The molecule has 2 aliphatic rings. The molecule has 2 fully saturated rings. The smallest absolute Gasteiger partial charge is 0.00723 e. The third-order valence-electron chi connectivity index (χ3n) is 5.02. The molecule has 0 aromatic heterocycles. The van der Waals surface area contributed by atoms with Crippen LogP contribution in [0.1, 0.15) is 84.5 Å². The Labute approximate surface area is 114 Å². The Morgan fingerprint density at radius 1 is 0.944 bits per heavy atom. The lowest BCUT2D eigenvalue weighted by Gasteiger charge is -2.33. The number of hydrogen-bond donors (Lipinski definition) is 1. The van der Waals surface area contributed by atoms with E-state index >= 15 is 0 Å². The van der Waals surface area contributed by atoms with E-state index in [4.69, 9.17) is 0 Å². The molecule has 2 rings (SSSR count). The van der Waals surface area contributed by atoms with Gasteiger partial charge in [0.2, 0.25) is 0 Å². The molecule has 2 aliphatic carbocycles. The summed E-state index contributed by atoms with van der Waals surface area (Å²) >= 11 is 0. The fourth-order valence-electron chi connectivity index (χ4n) is 3.82. The van der Waals surface area contributed by atoms with E-state index in [1.54, 1.807) is 0 Å². The van der Waals surface area contributed by atoms with Crippen molar-refractivity contribution in [3.8, 4) is 0 Å². The number of hydrogen-bond acceptors (Lipinski definition) is 1. The lowest BCUT2D eigenvalue weighted by Crippen LogP contribution is -2.41. The van der Waals surface area contributed by atoms with Crippen LogP contribution in [0.25, 0.3) is 0 Å². The molecular weight excluding hydrogens is 218 g/mol. The monoisotopic (exact) mass is 251 g/mol. The van der Waals surface area contributed by atoms with Crippen LogP contribution in [0.2, 0.25) is 0 Å². The summed E-state index contributed by atoms with van der Waals surface area (Å²) in [5, 5.41) is 4.00. The van der Waals surface area contributed by atoms with Crippen LogP contribution in [0.5, 0.6) is 0 Å². The molecule has 0 bridgehead atoms. The molecule has 106 valence electrons. The topological polar surface area (TPSA) is 12.0 Å². The van der Waals surface area contributed by atoms with E-state index in [0.29, 0.717) is 0 Å². The highest BCUT2D eigenvalue weighted by atomic mass is 15.0. The molecule has 3 atom stereocenters. The van der Waals surface area contributed by atoms with Crippen molar-refractivity contribution in [1.82, 2.24) is 5.32 Å². The van der Waals surface area contributed by atoms with Gasteiger partial charge in [-0.3, -0.25) is 0 Å². The van der Waals surface area contributed by atoms with Gasteiger partial charge in [0, 0.05) is 12.1 Å². The Morgan fingerprint density at radius 3 is 2.44 bits per heavy atom. The van der Waals surface area contributed by atoms with Crippen molar-refractivity contribution in [2.24, 2.45) is 11.8 Å². The van der Waals surface area contributed by atoms with E-state index in [0.717, 1.165) is 23.9 Å². The molecule has 0 aromatic rings. The Balaban J connectivity index is 1.73. The minimum atomic E-state index is 0.804. The van der Waals surface area contributed by atoms with Crippen molar-refractivity contribution >= 4 is 0 Å². The number of unbranched alkanes of at least 4 members (excludes halogenated alkanes) is 1. The summed E-state index contributed by atoms with van der Waals surface area (Å²) < 4.78 is 0. The summed E-state index contributed by atoms with van der Waals surface area (Å²) in [4.78, 5) is 0. The molecule has 0 amide bonds. The quantitative estimate of drug-likeness (QED) is 0.647. The summed E-state index contributed by atoms with van der Waals surface area (Å²) in [7, 11) is 0. The maximum Gasteiger partial charge on any atom is 0.00723 e. The highest BCUT2D eigenvalue weighted by Gasteiger charge is 2.34. The van der Waals surface area contributed by atoms with Crippen molar-refractivity contribution in [2.45, 2.75) is 96.6 Å². The summed E-state index contributed by atoms with van der Waals surface area (Å²) in [6, 6.07) is 1.65. The van der Waals surface area contributed by atoms with Gasteiger partial charge in [-0.1, -0.05) is 46.0 Å². The van der Waals surface area contributed by atoms with Gasteiger partial charge in [0.05, 0.1) is 0 Å². The predicted octanol–water partition coefficient (Wildman–Crippen LogP) is 4.90. The number of rotatable bonds is 8. The first-order valence-electron chi connectivity index (χ1n) is 8.59. The first-order valence-corrected chi connectivity index (χ1v) is 8.59. The molecule has 0 saturated heterocycles. The SMILES string of the molecule is CCCCC(CCC)NC1CCCC(C2CC2)C1. The molecule has 0 aromatic carbocycles. The van der Waals surface area contributed by atoms with Gasteiger partial charge in [-0.05, 0) is 50.4 Å². The van der Waals surface area contributed by atoms with Gasteiger partial charge < -0.3 is 5.32 Å². The lowest BCUT2D eigenvalue weighted by molar-refractivity contribution is 0.238. The zero-order chi connectivity index (χ0) is 12.8. The van der Waals surface area contributed by atoms with Crippen LogP contribution in [0, 0.1) is 11.8 Å². The molecule has 0 radical (unpaired) electrons. The molecule has 1 heteroatoms. The van der Waals surface area contributed by atoms with Crippen molar-refractivity contribution < 1.29 is 0 Å². The molecule has 0 heterocycles. The van der Waals surface area contributed by atoms with E-state index in [2.05, 4.69) is 19.2 Å². The average Bonchev–Trinajstić information content (AvgIpc) is 3.21. The van der Waals surface area contributed by atoms with Gasteiger partial charge >= 0.3 is 0 Å². The van der Waals surface area contributed by atoms with Crippen LogP contribution in [0.4, 0.5) is 0 Å². The second-order valence-electron chi connectivity index (χ2n) is 6.76. The minimum absolute atomic E-state index is 0.804. The van der Waals surface area contributed by atoms with Gasteiger partial charge in [-0.25, -0.2) is 0 Å². The van der Waals surface area contributed by atoms with Crippen LogP contribution in [0.15, 0.2) is 0 Å². The maximum absolute atomic E-state index is 4.00. The fourth-order valence-corrected chi connectivity index (χ4v) is 3.82. The Bertz CT molecular complexity index is 222. The fraction of sp³-hybridized carbons (Fsp3) is 1.00. The van der Waals surface area contributed by atoms with Gasteiger partial charge in [-0.15, -0.1) is 0 Å². The summed E-state index contributed by atoms with van der Waals surface area (Å²) in [5.41, 5.74) is 0. The Hall–Kier alpha value is -0.0400. The van der Waals surface area contributed by atoms with Crippen LogP contribution in [0.3, 0.4) is 0 Å². The molecule has 1 N–H and O–H groups in total. The summed E-state index contributed by atoms with van der Waals surface area (Å²) in [6.07, 6.45) is 15.8. The molecule has 1 nitrogen and oxygen atoms in total. The maximum atomic E-state index is 4.00. The summed E-state index contributed by atoms with van der Waals surface area (Å²) in [5.74, 6) is 2.19. The van der Waals surface area contributed by atoms with Crippen LogP contribution in [-0.2, 0) is 0 Å². The van der Waals surface area contributed by atoms with E-state index in [-0.39, 0.29) is 0 Å². The average molecular weight is 251 g/mol. The van der Waals surface area contributed by atoms with Crippen LogP contribution < -0.4 is 5.32 Å². The van der Waals surface area contributed by atoms with Gasteiger partial charge in [0.15, 0.2) is 0 Å². The van der Waals surface area contributed by atoms with Crippen molar-refractivity contribution in [3.63, 3.8) is 0 Å². The van der Waals surface area contributed by atoms with Crippen LogP contribution >= 0.6 is 0 Å². The van der Waals surface area contributed by atoms with Crippen LogP contribution in [-0.4, -0.2) is 12.1 Å². The Morgan fingerprint density at radius 2 is 1.78 bits per heavy atom. The van der Waals surface area contributed by atoms with Crippen molar-refractivity contribution in [1.29, 1.82) is 0 Å². The molecule has 3 unspecified atom stereocenters. The Kier molecular flexibility index (Phi) is 6.01. The lowest BCUT2D eigenvalue weighted by atomic mass is 9.82. The zero-order valence-corrected chi connectivity index (χ0v) is 12.6. The van der Waals surface area contributed by atoms with E-state index in [9.17, 15) is 0 Å². The first kappa shape index (κ1) is 14.4. The largest absolute Gasteiger partial charge is 0.311 e. The minimum Gasteiger partial charge on any atom is -0.311 e. The molecule has 18 heavy (non-hydrogen) atoms. The number of nitrogens with one attached hydrogen (secondary N) is 1. The van der Waals surface area contributed by atoms with E-state index in [1.807, 2.05) is 0 Å². The van der Waals surface area contributed by atoms with Gasteiger partial charge in [0.25, 0.3) is 0 Å². The van der Waals surface area contributed by atoms with Gasteiger partial charge in [-0.2, -0.15) is 0 Å². The normalized spacial score (nSPS) is 30.3. The molecule has 0 aliphatic heterocycles. The van der Waals surface area contributed by atoms with Gasteiger partial charge in [0.1, 0.15) is 0 Å².